The number of amides is 1. The quantitative estimate of drug-likeness (QED) is 0.840. The summed E-state index contributed by atoms with van der Waals surface area (Å²) in [4.78, 5) is 14.7. The zero-order chi connectivity index (χ0) is 17.5. The Bertz CT molecular complexity index is 636. The van der Waals surface area contributed by atoms with Gasteiger partial charge in [0.05, 0.1) is 25.5 Å². The van der Waals surface area contributed by atoms with Gasteiger partial charge in [0.2, 0.25) is 5.91 Å². The summed E-state index contributed by atoms with van der Waals surface area (Å²) in [5.41, 5.74) is 1.19. The number of rotatable bonds is 7. The van der Waals surface area contributed by atoms with Crippen molar-refractivity contribution in [2.45, 2.75) is 25.3 Å². The molecule has 1 aliphatic rings. The summed E-state index contributed by atoms with van der Waals surface area (Å²) in [6, 6.07) is 14.1. The first kappa shape index (κ1) is 17.7. The maximum Gasteiger partial charge on any atom is 0.220 e. The fraction of sp³-hybridized carbons (Fsp3) is 0.450. The summed E-state index contributed by atoms with van der Waals surface area (Å²) >= 11 is 0. The lowest BCUT2D eigenvalue weighted by atomic mass is 9.97. The number of nitrogens with zero attached hydrogens (tertiary/aromatic N) is 1. The molecule has 0 radical (unpaired) electrons. The molecule has 5 nitrogen and oxygen atoms in total. The summed E-state index contributed by atoms with van der Waals surface area (Å²) in [5.74, 6) is 1.16. The van der Waals surface area contributed by atoms with Crippen LogP contribution in [0.3, 0.4) is 0 Å². The second-order valence-corrected chi connectivity index (χ2v) is 6.50. The van der Waals surface area contributed by atoms with Crippen molar-refractivity contribution >= 4 is 5.91 Å². The summed E-state index contributed by atoms with van der Waals surface area (Å²) in [6.07, 6.45) is 2.17. The molecule has 2 heterocycles. The number of carbonyl (C=O) groups is 1. The molecule has 1 amide bonds. The molecule has 0 spiro atoms. The van der Waals surface area contributed by atoms with Crippen LogP contribution in [0.4, 0.5) is 0 Å². The molecule has 0 aliphatic carbocycles. The van der Waals surface area contributed by atoms with E-state index in [1.54, 1.807) is 6.26 Å². The number of benzene rings is 1. The highest BCUT2D eigenvalue weighted by atomic mass is 16.5. The molecule has 1 aromatic carbocycles. The second kappa shape index (κ2) is 8.83. The van der Waals surface area contributed by atoms with Gasteiger partial charge in [0.15, 0.2) is 0 Å². The molecule has 1 N–H and O–H groups in total. The Morgan fingerprint density at radius 1 is 1.16 bits per heavy atom. The molecule has 1 aliphatic heterocycles. The highest BCUT2D eigenvalue weighted by molar-refractivity contribution is 5.76. The average molecular weight is 342 g/mol. The third-order valence-corrected chi connectivity index (χ3v) is 4.71. The van der Waals surface area contributed by atoms with E-state index in [1.165, 1.54) is 5.56 Å². The fourth-order valence-corrected chi connectivity index (χ4v) is 3.24. The van der Waals surface area contributed by atoms with Gasteiger partial charge < -0.3 is 14.5 Å². The van der Waals surface area contributed by atoms with E-state index in [9.17, 15) is 4.79 Å². The van der Waals surface area contributed by atoms with Gasteiger partial charge in [-0.05, 0) is 23.6 Å². The van der Waals surface area contributed by atoms with Gasteiger partial charge in [0.25, 0.3) is 0 Å². The van der Waals surface area contributed by atoms with Crippen molar-refractivity contribution in [2.75, 3.05) is 32.8 Å². The van der Waals surface area contributed by atoms with E-state index in [1.807, 2.05) is 30.3 Å². The van der Waals surface area contributed by atoms with Crippen molar-refractivity contribution in [2.24, 2.45) is 0 Å². The van der Waals surface area contributed by atoms with Crippen molar-refractivity contribution in [3.05, 3.63) is 60.1 Å². The zero-order valence-corrected chi connectivity index (χ0v) is 14.7. The Kier molecular flexibility index (Phi) is 6.25. The van der Waals surface area contributed by atoms with Crippen molar-refractivity contribution in [3.8, 4) is 0 Å². The molecule has 3 rings (SSSR count). The molecule has 0 saturated carbocycles. The molecule has 25 heavy (non-hydrogen) atoms. The highest BCUT2D eigenvalue weighted by Gasteiger charge is 2.25. The minimum Gasteiger partial charge on any atom is -0.468 e. The SMILES string of the molecule is CC(CC(=O)NCC(c1ccco1)N1CCOCC1)c1ccccc1. The first-order valence-electron chi connectivity index (χ1n) is 8.91. The van der Waals surface area contributed by atoms with Gasteiger partial charge in [0.1, 0.15) is 5.76 Å². The Morgan fingerprint density at radius 2 is 1.92 bits per heavy atom. The van der Waals surface area contributed by atoms with Crippen LogP contribution < -0.4 is 5.32 Å². The summed E-state index contributed by atoms with van der Waals surface area (Å²) in [5, 5.41) is 3.09. The highest BCUT2D eigenvalue weighted by Crippen LogP contribution is 2.22. The standard InChI is InChI=1S/C20H26N2O3/c1-16(17-6-3-2-4-7-17)14-20(23)21-15-18(19-8-5-11-25-19)22-9-12-24-13-10-22/h2-8,11,16,18H,9-10,12-15H2,1H3,(H,21,23). The van der Waals surface area contributed by atoms with Crippen LogP contribution in [0.15, 0.2) is 53.1 Å². The predicted molar refractivity (Wildman–Crippen MR) is 96.3 cm³/mol. The normalized spacial score (nSPS) is 17.8. The predicted octanol–water partition coefficient (Wildman–Crippen LogP) is 2.96. The maximum atomic E-state index is 12.4. The van der Waals surface area contributed by atoms with E-state index in [2.05, 4.69) is 29.3 Å². The number of nitrogens with one attached hydrogen (secondary N) is 1. The molecule has 2 aromatic rings. The Balaban J connectivity index is 1.56. The van der Waals surface area contributed by atoms with Crippen LogP contribution >= 0.6 is 0 Å². The van der Waals surface area contributed by atoms with Crippen LogP contribution in [0.25, 0.3) is 0 Å². The first-order chi connectivity index (χ1) is 12.2. The third-order valence-electron chi connectivity index (χ3n) is 4.71. The number of morpholine rings is 1. The Labute approximate surface area is 149 Å². The molecule has 1 saturated heterocycles. The van der Waals surface area contributed by atoms with Crippen molar-refractivity contribution < 1.29 is 13.9 Å². The summed E-state index contributed by atoms with van der Waals surface area (Å²) in [6.45, 7) is 5.77. The van der Waals surface area contributed by atoms with Crippen LogP contribution in [-0.2, 0) is 9.53 Å². The summed E-state index contributed by atoms with van der Waals surface area (Å²) in [7, 11) is 0. The third kappa shape index (κ3) is 4.94. The van der Waals surface area contributed by atoms with Crippen molar-refractivity contribution in [1.82, 2.24) is 10.2 Å². The van der Waals surface area contributed by atoms with Crippen LogP contribution in [-0.4, -0.2) is 43.7 Å². The van der Waals surface area contributed by atoms with E-state index in [0.717, 1.165) is 32.1 Å². The minimum absolute atomic E-state index is 0.0508. The summed E-state index contributed by atoms with van der Waals surface area (Å²) < 4.78 is 11.0. The number of carbonyl (C=O) groups excluding carboxylic acids is 1. The molecular weight excluding hydrogens is 316 g/mol. The Morgan fingerprint density at radius 3 is 2.60 bits per heavy atom. The van der Waals surface area contributed by atoms with Crippen LogP contribution in [0, 0.1) is 0 Å². The van der Waals surface area contributed by atoms with Crippen molar-refractivity contribution in [3.63, 3.8) is 0 Å². The fourth-order valence-electron chi connectivity index (χ4n) is 3.24. The molecule has 1 fully saturated rings. The number of hydrogen-bond donors (Lipinski definition) is 1. The Hall–Kier alpha value is -2.11. The lowest BCUT2D eigenvalue weighted by molar-refractivity contribution is -0.121. The number of furan rings is 1. The van der Waals surface area contributed by atoms with Gasteiger partial charge in [-0.1, -0.05) is 37.3 Å². The van der Waals surface area contributed by atoms with Gasteiger partial charge in [-0.3, -0.25) is 9.69 Å². The molecule has 2 unspecified atom stereocenters. The van der Waals surface area contributed by atoms with Gasteiger partial charge in [0, 0.05) is 26.1 Å². The maximum absolute atomic E-state index is 12.4. The van der Waals surface area contributed by atoms with Gasteiger partial charge in [-0.15, -0.1) is 0 Å². The molecule has 1 aromatic heterocycles. The topological polar surface area (TPSA) is 54.7 Å². The lowest BCUT2D eigenvalue weighted by Gasteiger charge is -2.33. The zero-order valence-electron chi connectivity index (χ0n) is 14.7. The average Bonchev–Trinajstić information content (AvgIpc) is 3.18. The molecule has 2 atom stereocenters. The number of hydrogen-bond acceptors (Lipinski definition) is 4. The van der Waals surface area contributed by atoms with Gasteiger partial charge >= 0.3 is 0 Å². The van der Waals surface area contributed by atoms with Crippen LogP contribution in [0.5, 0.6) is 0 Å². The van der Waals surface area contributed by atoms with E-state index in [-0.39, 0.29) is 17.9 Å². The largest absolute Gasteiger partial charge is 0.468 e. The first-order valence-corrected chi connectivity index (χ1v) is 8.91. The number of ether oxygens (including phenoxy) is 1. The molecule has 5 heteroatoms. The minimum atomic E-state index is 0.0508. The van der Waals surface area contributed by atoms with E-state index < -0.39 is 0 Å². The van der Waals surface area contributed by atoms with E-state index in [0.29, 0.717) is 13.0 Å². The van der Waals surface area contributed by atoms with Crippen molar-refractivity contribution in [1.29, 1.82) is 0 Å². The smallest absolute Gasteiger partial charge is 0.220 e. The van der Waals surface area contributed by atoms with E-state index in [4.69, 9.17) is 9.15 Å². The molecule has 0 bridgehead atoms. The van der Waals surface area contributed by atoms with E-state index >= 15 is 0 Å². The molecular formula is C20H26N2O3. The molecule has 134 valence electrons. The van der Waals surface area contributed by atoms with Gasteiger partial charge in [-0.25, -0.2) is 0 Å². The van der Waals surface area contributed by atoms with Crippen LogP contribution in [0.2, 0.25) is 0 Å². The lowest BCUT2D eigenvalue weighted by Crippen LogP contribution is -2.43. The second-order valence-electron chi connectivity index (χ2n) is 6.50. The van der Waals surface area contributed by atoms with Crippen LogP contribution in [0.1, 0.15) is 36.6 Å². The van der Waals surface area contributed by atoms with Gasteiger partial charge in [-0.2, -0.15) is 0 Å². The monoisotopic (exact) mass is 342 g/mol.